The highest BCUT2D eigenvalue weighted by Gasteiger charge is 2.18. The van der Waals surface area contributed by atoms with Crippen molar-refractivity contribution >= 4 is 34.1 Å². The first-order valence-electron chi connectivity index (χ1n) is 8.96. The van der Waals surface area contributed by atoms with Gasteiger partial charge in [-0.3, -0.25) is 25.2 Å². The summed E-state index contributed by atoms with van der Waals surface area (Å²) in [4.78, 5) is 41.4. The van der Waals surface area contributed by atoms with Crippen LogP contribution in [0, 0.1) is 0 Å². The molecule has 2 amide bonds. The van der Waals surface area contributed by atoms with Crippen molar-refractivity contribution in [3.63, 3.8) is 0 Å². The number of para-hydroxylation sites is 1. The molecule has 0 spiro atoms. The fourth-order valence-corrected chi connectivity index (χ4v) is 4.49. The van der Waals surface area contributed by atoms with Crippen molar-refractivity contribution in [3.05, 3.63) is 67.6 Å². The number of thiophene rings is 1. The number of aryl methyl sites for hydroxylation is 2. The average molecular weight is 381 g/mol. The summed E-state index contributed by atoms with van der Waals surface area (Å²) in [6.07, 6.45) is 5.52. The van der Waals surface area contributed by atoms with Crippen molar-refractivity contribution in [2.24, 2.45) is 0 Å². The first-order valence-corrected chi connectivity index (χ1v) is 9.78. The smallest absolute Gasteiger partial charge is 0.279 e. The molecule has 0 saturated carbocycles. The third-order valence-electron chi connectivity index (χ3n) is 4.76. The van der Waals surface area contributed by atoms with Gasteiger partial charge in [-0.2, -0.15) is 0 Å². The Labute approximate surface area is 159 Å². The van der Waals surface area contributed by atoms with Gasteiger partial charge in [0.1, 0.15) is 5.56 Å². The largest absolute Gasteiger partial charge is 0.321 e. The third kappa shape index (κ3) is 3.64. The number of hydrogen-bond acceptors (Lipinski definition) is 4. The van der Waals surface area contributed by atoms with Crippen LogP contribution in [0.25, 0.3) is 10.9 Å². The van der Waals surface area contributed by atoms with Crippen molar-refractivity contribution in [3.8, 4) is 0 Å². The highest BCUT2D eigenvalue weighted by atomic mass is 32.1. The number of fused-ring (bicyclic) bond motifs is 2. The van der Waals surface area contributed by atoms with Crippen molar-refractivity contribution in [2.75, 3.05) is 0 Å². The Morgan fingerprint density at radius 1 is 0.963 bits per heavy atom. The second-order valence-corrected chi connectivity index (χ2v) is 7.76. The first kappa shape index (κ1) is 17.5. The highest BCUT2D eigenvalue weighted by Crippen LogP contribution is 2.28. The predicted octanol–water partition coefficient (Wildman–Crippen LogP) is 2.93. The van der Waals surface area contributed by atoms with E-state index in [-0.39, 0.29) is 11.5 Å². The molecule has 3 N–H and O–H groups in total. The lowest BCUT2D eigenvalue weighted by Crippen LogP contribution is -2.43. The van der Waals surface area contributed by atoms with Gasteiger partial charge < -0.3 is 4.98 Å². The van der Waals surface area contributed by atoms with E-state index < -0.39 is 11.5 Å². The molecule has 0 unspecified atom stereocenters. The molecule has 1 aliphatic carbocycles. The number of hydrazine groups is 1. The van der Waals surface area contributed by atoms with E-state index in [9.17, 15) is 14.4 Å². The van der Waals surface area contributed by atoms with Crippen LogP contribution in [-0.4, -0.2) is 16.8 Å². The standard InChI is InChI=1S/C20H19N3O3S/c24-18-14(10-12-6-4-5-8-15(12)21-18)19(25)22-23-20(26)17-11-13-7-2-1-3-9-16(13)27-17/h4-6,8,10-11H,1-3,7,9H2,(H,21,24)(H,22,25)(H,23,26). The summed E-state index contributed by atoms with van der Waals surface area (Å²) in [6, 6.07) is 10.6. The SMILES string of the molecule is O=C(NNC(=O)c1cc2ccccc2[nH]c1=O)c1cc2c(s1)CCCCC2. The second kappa shape index (κ2) is 7.36. The van der Waals surface area contributed by atoms with Crippen molar-refractivity contribution in [2.45, 2.75) is 32.1 Å². The summed E-state index contributed by atoms with van der Waals surface area (Å²) in [6.45, 7) is 0. The zero-order valence-electron chi connectivity index (χ0n) is 14.6. The van der Waals surface area contributed by atoms with E-state index in [1.165, 1.54) is 34.3 Å². The fourth-order valence-electron chi connectivity index (χ4n) is 3.34. The molecule has 3 aromatic rings. The number of amides is 2. The molecule has 0 bridgehead atoms. The van der Waals surface area contributed by atoms with Crippen molar-refractivity contribution in [1.82, 2.24) is 15.8 Å². The molecule has 0 saturated heterocycles. The van der Waals surface area contributed by atoms with Gasteiger partial charge in [0.05, 0.1) is 4.88 Å². The average Bonchev–Trinajstić information content (AvgIpc) is 2.96. The molecule has 0 radical (unpaired) electrons. The molecule has 1 aromatic carbocycles. The van der Waals surface area contributed by atoms with Gasteiger partial charge in [0.15, 0.2) is 0 Å². The Morgan fingerprint density at radius 2 is 1.74 bits per heavy atom. The maximum Gasteiger partial charge on any atom is 0.279 e. The van der Waals surface area contributed by atoms with E-state index >= 15 is 0 Å². The van der Waals surface area contributed by atoms with Crippen LogP contribution in [0.2, 0.25) is 0 Å². The maximum absolute atomic E-state index is 12.4. The van der Waals surface area contributed by atoms with E-state index in [0.29, 0.717) is 10.4 Å². The Bertz CT molecular complexity index is 1060. The topological polar surface area (TPSA) is 91.1 Å². The second-order valence-electron chi connectivity index (χ2n) is 6.63. The van der Waals surface area contributed by atoms with Gasteiger partial charge in [-0.15, -0.1) is 11.3 Å². The molecule has 2 heterocycles. The molecule has 0 fully saturated rings. The van der Waals surface area contributed by atoms with Crippen LogP contribution in [0.1, 0.15) is 49.7 Å². The first-order chi connectivity index (χ1) is 13.1. The molecule has 0 aliphatic heterocycles. The molecule has 27 heavy (non-hydrogen) atoms. The zero-order valence-corrected chi connectivity index (χ0v) is 15.4. The van der Waals surface area contributed by atoms with Crippen molar-refractivity contribution in [1.29, 1.82) is 0 Å². The quantitative estimate of drug-likeness (QED) is 0.471. The minimum atomic E-state index is -0.645. The number of hydrogen-bond donors (Lipinski definition) is 3. The van der Waals surface area contributed by atoms with E-state index in [1.807, 2.05) is 12.1 Å². The lowest BCUT2D eigenvalue weighted by atomic mass is 10.1. The number of H-pyrrole nitrogens is 1. The van der Waals surface area contributed by atoms with Gasteiger partial charge in [-0.1, -0.05) is 24.6 Å². The van der Waals surface area contributed by atoms with Gasteiger partial charge in [0.2, 0.25) is 0 Å². The normalized spacial score (nSPS) is 13.6. The molecule has 4 rings (SSSR count). The summed E-state index contributed by atoms with van der Waals surface area (Å²) in [5.74, 6) is -1.01. The molecule has 7 heteroatoms. The Morgan fingerprint density at radius 3 is 2.63 bits per heavy atom. The van der Waals surface area contributed by atoms with Gasteiger partial charge in [0, 0.05) is 10.4 Å². The van der Waals surface area contributed by atoms with E-state index in [4.69, 9.17) is 0 Å². The highest BCUT2D eigenvalue weighted by molar-refractivity contribution is 7.14. The van der Waals surface area contributed by atoms with Crippen LogP contribution in [0.4, 0.5) is 0 Å². The van der Waals surface area contributed by atoms with Crippen LogP contribution in [-0.2, 0) is 12.8 Å². The van der Waals surface area contributed by atoms with E-state index in [1.54, 1.807) is 18.2 Å². The lowest BCUT2D eigenvalue weighted by Gasteiger charge is -2.07. The molecule has 0 atom stereocenters. The molecule has 6 nitrogen and oxygen atoms in total. The predicted molar refractivity (Wildman–Crippen MR) is 105 cm³/mol. The molecule has 1 aliphatic rings. The van der Waals surface area contributed by atoms with Crippen LogP contribution >= 0.6 is 11.3 Å². The molecule has 2 aromatic heterocycles. The van der Waals surface area contributed by atoms with Crippen LogP contribution in [0.3, 0.4) is 0 Å². The van der Waals surface area contributed by atoms with Gasteiger partial charge in [-0.05, 0) is 54.8 Å². The van der Waals surface area contributed by atoms with Gasteiger partial charge in [0.25, 0.3) is 17.4 Å². The Balaban J connectivity index is 1.47. The number of pyridine rings is 1. The number of benzene rings is 1. The minimum Gasteiger partial charge on any atom is -0.321 e. The molecular weight excluding hydrogens is 362 g/mol. The van der Waals surface area contributed by atoms with E-state index in [0.717, 1.165) is 31.1 Å². The zero-order chi connectivity index (χ0) is 18.8. The van der Waals surface area contributed by atoms with Crippen molar-refractivity contribution < 1.29 is 9.59 Å². The van der Waals surface area contributed by atoms with Gasteiger partial charge in [-0.25, -0.2) is 0 Å². The Kier molecular flexibility index (Phi) is 4.77. The van der Waals surface area contributed by atoms with Crippen LogP contribution < -0.4 is 16.4 Å². The third-order valence-corrected chi connectivity index (χ3v) is 5.99. The summed E-state index contributed by atoms with van der Waals surface area (Å²) >= 11 is 1.48. The number of aromatic nitrogens is 1. The number of aromatic amines is 1. The maximum atomic E-state index is 12.4. The Hall–Kier alpha value is -2.93. The van der Waals surface area contributed by atoms with Crippen LogP contribution in [0.15, 0.2) is 41.2 Å². The summed E-state index contributed by atoms with van der Waals surface area (Å²) < 4.78 is 0. The van der Waals surface area contributed by atoms with Crippen LogP contribution in [0.5, 0.6) is 0 Å². The lowest BCUT2D eigenvalue weighted by molar-refractivity contribution is 0.0848. The van der Waals surface area contributed by atoms with E-state index in [2.05, 4.69) is 15.8 Å². The number of carbonyl (C=O) groups excluding carboxylic acids is 2. The monoisotopic (exact) mass is 381 g/mol. The molecule has 138 valence electrons. The number of rotatable bonds is 2. The minimum absolute atomic E-state index is 0.0454. The van der Waals surface area contributed by atoms with Gasteiger partial charge >= 0.3 is 0 Å². The fraction of sp³-hybridized carbons (Fsp3) is 0.250. The summed E-state index contributed by atoms with van der Waals surface area (Å²) in [5, 5.41) is 0.746. The summed E-state index contributed by atoms with van der Waals surface area (Å²) in [5.41, 5.74) is 6.11. The molecular formula is C20H19N3O3S. The summed E-state index contributed by atoms with van der Waals surface area (Å²) in [7, 11) is 0. The number of carbonyl (C=O) groups is 2. The number of nitrogens with one attached hydrogen (secondary N) is 3.